The third-order valence-corrected chi connectivity index (χ3v) is 5.72. The molecule has 0 radical (unpaired) electrons. The Morgan fingerprint density at radius 2 is 2.07 bits per heavy atom. The topological polar surface area (TPSA) is 59.0 Å². The van der Waals surface area contributed by atoms with E-state index in [-0.39, 0.29) is 11.9 Å². The molecule has 2 aromatic rings. The van der Waals surface area contributed by atoms with E-state index in [9.17, 15) is 4.79 Å². The number of hydrogen-bond donors (Lipinski definition) is 2. The Balaban J connectivity index is 1.66. The van der Waals surface area contributed by atoms with E-state index in [1.807, 2.05) is 12.1 Å². The summed E-state index contributed by atoms with van der Waals surface area (Å²) in [6, 6.07) is 14.3. The molecule has 1 atom stereocenters. The molecule has 5 heteroatoms. The fourth-order valence-corrected chi connectivity index (χ4v) is 4.28. The largest absolute Gasteiger partial charge is 0.328 e. The summed E-state index contributed by atoms with van der Waals surface area (Å²) in [4.78, 5) is 17.3. The molecule has 0 bridgehead atoms. The van der Waals surface area contributed by atoms with Crippen LogP contribution in [0, 0.1) is 6.92 Å². The van der Waals surface area contributed by atoms with Crippen LogP contribution in [0.25, 0.3) is 33.2 Å². The highest BCUT2D eigenvalue weighted by Gasteiger charge is 2.23. The van der Waals surface area contributed by atoms with Gasteiger partial charge in [0.05, 0.1) is 11.6 Å². The van der Waals surface area contributed by atoms with Crippen LogP contribution in [0.15, 0.2) is 42.5 Å². The lowest BCUT2D eigenvalue weighted by Crippen LogP contribution is -2.35. The van der Waals surface area contributed by atoms with Crippen molar-refractivity contribution in [2.75, 3.05) is 11.9 Å². The number of pyridine rings is 1. The Kier molecular flexibility index (Phi) is 3.65. The van der Waals surface area contributed by atoms with Crippen molar-refractivity contribution in [3.63, 3.8) is 0 Å². The second-order valence-electron chi connectivity index (χ2n) is 7.38. The number of rotatable bonds is 2. The fraction of sp³-hybridized carbons (Fsp3) is 0.273. The second-order valence-corrected chi connectivity index (χ2v) is 7.38. The maximum atomic E-state index is 12.5. The SMILES string of the molecule is Cc1c2c3ccccc3nc-2n(C)c2ccc(NC(=O)[C@@H]3CCCN3)cc12. The number of hydrogen-bond acceptors (Lipinski definition) is 3. The Bertz CT molecular complexity index is 1150. The zero-order valence-corrected chi connectivity index (χ0v) is 15.5. The van der Waals surface area contributed by atoms with Gasteiger partial charge >= 0.3 is 0 Å². The van der Waals surface area contributed by atoms with Crippen LogP contribution in [-0.2, 0) is 11.8 Å². The van der Waals surface area contributed by atoms with Crippen molar-refractivity contribution >= 4 is 33.4 Å². The van der Waals surface area contributed by atoms with Gasteiger partial charge in [0.25, 0.3) is 0 Å². The quantitative estimate of drug-likeness (QED) is 0.572. The molecule has 1 amide bonds. The van der Waals surface area contributed by atoms with E-state index < -0.39 is 0 Å². The molecule has 0 unspecified atom stereocenters. The number of benzene rings is 2. The summed E-state index contributed by atoms with van der Waals surface area (Å²) in [7, 11) is 2.05. The smallest absolute Gasteiger partial charge is 0.241 e. The molecule has 1 saturated heterocycles. The average molecular weight is 358 g/mol. The van der Waals surface area contributed by atoms with Crippen molar-refractivity contribution in [3.8, 4) is 11.4 Å². The van der Waals surface area contributed by atoms with Crippen LogP contribution >= 0.6 is 0 Å². The molecule has 5 rings (SSSR count). The van der Waals surface area contributed by atoms with Crippen LogP contribution in [0.4, 0.5) is 5.69 Å². The fourth-order valence-electron chi connectivity index (χ4n) is 4.28. The van der Waals surface area contributed by atoms with Gasteiger partial charge in [0, 0.05) is 34.6 Å². The highest BCUT2D eigenvalue weighted by molar-refractivity contribution is 6.05. The molecule has 5 nitrogen and oxygen atoms in total. The van der Waals surface area contributed by atoms with Crippen molar-refractivity contribution in [2.45, 2.75) is 25.8 Å². The molecule has 3 heterocycles. The van der Waals surface area contributed by atoms with E-state index >= 15 is 0 Å². The second kappa shape index (κ2) is 6.06. The van der Waals surface area contributed by atoms with Crippen LogP contribution in [0.5, 0.6) is 0 Å². The van der Waals surface area contributed by atoms with E-state index in [4.69, 9.17) is 4.98 Å². The van der Waals surface area contributed by atoms with Crippen LogP contribution < -0.4 is 10.6 Å². The molecule has 136 valence electrons. The van der Waals surface area contributed by atoms with Crippen molar-refractivity contribution in [1.82, 2.24) is 14.9 Å². The van der Waals surface area contributed by atoms with Gasteiger partial charge in [-0.25, -0.2) is 4.98 Å². The number of anilines is 1. The van der Waals surface area contributed by atoms with Gasteiger partial charge in [-0.15, -0.1) is 0 Å². The van der Waals surface area contributed by atoms with Gasteiger partial charge in [0.2, 0.25) is 5.91 Å². The summed E-state index contributed by atoms with van der Waals surface area (Å²) in [6.07, 6.45) is 1.96. The lowest BCUT2D eigenvalue weighted by Gasteiger charge is -2.17. The van der Waals surface area contributed by atoms with Gasteiger partial charge < -0.3 is 15.2 Å². The molecule has 0 aromatic heterocycles. The maximum absolute atomic E-state index is 12.5. The minimum atomic E-state index is -0.0800. The first-order valence-corrected chi connectivity index (χ1v) is 9.45. The van der Waals surface area contributed by atoms with Gasteiger partial charge in [0.15, 0.2) is 0 Å². The number of fused-ring (bicyclic) bond motifs is 4. The first-order valence-electron chi connectivity index (χ1n) is 9.45. The van der Waals surface area contributed by atoms with Crippen LogP contribution in [-0.4, -0.2) is 28.0 Å². The van der Waals surface area contributed by atoms with Crippen molar-refractivity contribution < 1.29 is 4.79 Å². The number of carbonyl (C=O) groups is 1. The van der Waals surface area contributed by atoms with Gasteiger partial charge in [-0.2, -0.15) is 0 Å². The van der Waals surface area contributed by atoms with Crippen LogP contribution in [0.3, 0.4) is 0 Å². The number of para-hydroxylation sites is 1. The van der Waals surface area contributed by atoms with E-state index in [0.717, 1.165) is 47.3 Å². The molecule has 1 fully saturated rings. The number of nitrogens with zero attached hydrogens (tertiary/aromatic N) is 2. The van der Waals surface area contributed by atoms with Gasteiger partial charge in [0.1, 0.15) is 5.82 Å². The predicted molar refractivity (Wildman–Crippen MR) is 109 cm³/mol. The van der Waals surface area contributed by atoms with E-state index in [0.29, 0.717) is 0 Å². The standard InChI is InChI=1S/C22H22N4O/c1-13-16-12-14(24-22(27)18-8-5-11-23-18)9-10-19(16)26(2)21-20(13)15-6-3-4-7-17(15)25-21/h3-4,6-7,9-10,12,18,23H,5,8,11H2,1-2H3,(H,24,27)/t18-/m0/s1. The molecule has 3 aliphatic heterocycles. The number of amides is 1. The highest BCUT2D eigenvalue weighted by Crippen LogP contribution is 2.38. The molecule has 0 saturated carbocycles. The van der Waals surface area contributed by atoms with E-state index in [2.05, 4.69) is 59.5 Å². The minimum Gasteiger partial charge on any atom is -0.328 e. The lowest BCUT2D eigenvalue weighted by atomic mass is 9.99. The van der Waals surface area contributed by atoms with E-state index in [1.165, 1.54) is 16.5 Å². The van der Waals surface area contributed by atoms with Gasteiger partial charge in [-0.05, 0) is 56.1 Å². The Morgan fingerprint density at radius 3 is 2.89 bits per heavy atom. The number of aryl methyl sites for hydroxylation is 2. The molecule has 27 heavy (non-hydrogen) atoms. The zero-order chi connectivity index (χ0) is 18.5. The maximum Gasteiger partial charge on any atom is 0.241 e. The summed E-state index contributed by atoms with van der Waals surface area (Å²) >= 11 is 0. The number of nitrogens with one attached hydrogen (secondary N) is 2. The summed E-state index contributed by atoms with van der Waals surface area (Å²) in [5.74, 6) is 1.04. The Hall–Kier alpha value is -2.92. The number of aromatic nitrogens is 2. The molecular formula is C22H22N4O. The monoisotopic (exact) mass is 358 g/mol. The lowest BCUT2D eigenvalue weighted by molar-refractivity contribution is -0.117. The molecule has 0 spiro atoms. The van der Waals surface area contributed by atoms with Crippen molar-refractivity contribution in [3.05, 3.63) is 48.0 Å². The molecule has 0 aliphatic carbocycles. The summed E-state index contributed by atoms with van der Waals surface area (Å²) < 4.78 is 2.14. The first kappa shape index (κ1) is 16.3. The first-order chi connectivity index (χ1) is 13.1. The molecule has 3 aliphatic rings. The molecule has 2 aromatic carbocycles. The van der Waals surface area contributed by atoms with Crippen LogP contribution in [0.1, 0.15) is 18.4 Å². The Labute approximate surface area is 157 Å². The summed E-state index contributed by atoms with van der Waals surface area (Å²) in [5, 5.41) is 8.64. The Morgan fingerprint density at radius 1 is 1.22 bits per heavy atom. The average Bonchev–Trinajstić information content (AvgIpc) is 3.34. The molecular weight excluding hydrogens is 336 g/mol. The summed E-state index contributed by atoms with van der Waals surface area (Å²) in [6.45, 7) is 3.06. The summed E-state index contributed by atoms with van der Waals surface area (Å²) in [5.41, 5.74) is 5.35. The van der Waals surface area contributed by atoms with Crippen molar-refractivity contribution in [2.24, 2.45) is 7.05 Å². The predicted octanol–water partition coefficient (Wildman–Crippen LogP) is 3.83. The van der Waals surface area contributed by atoms with Crippen LogP contribution in [0.2, 0.25) is 0 Å². The normalized spacial score (nSPS) is 17.2. The highest BCUT2D eigenvalue weighted by atomic mass is 16.2. The van der Waals surface area contributed by atoms with E-state index in [1.54, 1.807) is 0 Å². The third kappa shape index (κ3) is 2.50. The minimum absolute atomic E-state index is 0.0513. The van der Waals surface area contributed by atoms with Gasteiger partial charge in [-0.1, -0.05) is 18.2 Å². The third-order valence-electron chi connectivity index (χ3n) is 5.72. The number of carbonyl (C=O) groups excluding carboxylic acids is 1. The zero-order valence-electron chi connectivity index (χ0n) is 15.5. The molecule has 2 N–H and O–H groups in total. The van der Waals surface area contributed by atoms with Crippen molar-refractivity contribution in [1.29, 1.82) is 0 Å². The van der Waals surface area contributed by atoms with Gasteiger partial charge in [-0.3, -0.25) is 4.79 Å².